The minimum atomic E-state index is -0.540. The van der Waals surface area contributed by atoms with Crippen LogP contribution in [-0.4, -0.2) is 39.4 Å². The number of para-hydroxylation sites is 1. The zero-order valence-corrected chi connectivity index (χ0v) is 18.8. The first kappa shape index (κ1) is 22.1. The lowest BCUT2D eigenvalue weighted by molar-refractivity contribution is 0.0520. The van der Waals surface area contributed by atoms with Crippen LogP contribution in [0.25, 0.3) is 27.8 Å². The quantitative estimate of drug-likeness (QED) is 0.431. The Bertz CT molecular complexity index is 1300. The second-order valence-corrected chi connectivity index (χ2v) is 8.48. The molecule has 2 heterocycles. The average Bonchev–Trinajstić information content (AvgIpc) is 3.18. The summed E-state index contributed by atoms with van der Waals surface area (Å²) < 4.78 is 12.8. The Balaban J connectivity index is 1.50. The standard InChI is InChI=1S/C25H26N4O4/c1-25(2,3)33-24(31)26-13-14-32-19-11-9-17(10-12-19)20-15-29(18-7-5-4-6-8-18)22-21(20)23(30)28-16-27-22/h4-12,15-16H,13-14H2,1-3H3,(H,26,31)(H,27,28,30). The molecule has 8 nitrogen and oxygen atoms in total. The second kappa shape index (κ2) is 9.20. The van der Waals surface area contributed by atoms with Crippen molar-refractivity contribution in [3.63, 3.8) is 0 Å². The highest BCUT2D eigenvalue weighted by Crippen LogP contribution is 2.30. The zero-order valence-electron chi connectivity index (χ0n) is 18.8. The lowest BCUT2D eigenvalue weighted by Crippen LogP contribution is -2.34. The average molecular weight is 447 g/mol. The topological polar surface area (TPSA) is 98.2 Å². The van der Waals surface area contributed by atoms with Crippen LogP contribution in [0, 0.1) is 0 Å². The minimum absolute atomic E-state index is 0.196. The largest absolute Gasteiger partial charge is 0.492 e. The third-order valence-corrected chi connectivity index (χ3v) is 4.83. The van der Waals surface area contributed by atoms with E-state index in [0.29, 0.717) is 29.9 Å². The number of H-pyrrole nitrogens is 1. The fraction of sp³-hybridized carbons (Fsp3) is 0.240. The number of aromatic nitrogens is 3. The van der Waals surface area contributed by atoms with Crippen molar-refractivity contribution in [1.82, 2.24) is 19.9 Å². The zero-order chi connectivity index (χ0) is 23.4. The molecule has 0 unspecified atom stereocenters. The summed E-state index contributed by atoms with van der Waals surface area (Å²) in [5, 5.41) is 3.18. The lowest BCUT2D eigenvalue weighted by atomic mass is 10.1. The molecule has 4 aromatic rings. The van der Waals surface area contributed by atoms with Gasteiger partial charge >= 0.3 is 6.09 Å². The van der Waals surface area contributed by atoms with Crippen molar-refractivity contribution in [1.29, 1.82) is 0 Å². The van der Waals surface area contributed by atoms with E-state index in [4.69, 9.17) is 9.47 Å². The van der Waals surface area contributed by atoms with Crippen LogP contribution in [0.3, 0.4) is 0 Å². The van der Waals surface area contributed by atoms with Gasteiger partial charge in [0.2, 0.25) is 0 Å². The van der Waals surface area contributed by atoms with Crippen molar-refractivity contribution >= 4 is 17.1 Å². The first-order chi connectivity index (χ1) is 15.8. The van der Waals surface area contributed by atoms with Gasteiger partial charge in [-0.25, -0.2) is 9.78 Å². The maximum absolute atomic E-state index is 12.6. The van der Waals surface area contributed by atoms with Crippen LogP contribution in [0.1, 0.15) is 20.8 Å². The van der Waals surface area contributed by atoms with Crippen LogP contribution < -0.4 is 15.6 Å². The summed E-state index contributed by atoms with van der Waals surface area (Å²) in [6, 6.07) is 17.2. The molecular formula is C25H26N4O4. The molecule has 170 valence electrons. The number of amides is 1. The summed E-state index contributed by atoms with van der Waals surface area (Å²) in [6.07, 6.45) is 2.86. The molecule has 0 atom stereocenters. The highest BCUT2D eigenvalue weighted by molar-refractivity contribution is 5.94. The number of carbonyl (C=O) groups is 1. The molecule has 4 rings (SSSR count). The van der Waals surface area contributed by atoms with Crippen LogP contribution in [0.2, 0.25) is 0 Å². The van der Waals surface area contributed by atoms with Crippen LogP contribution >= 0.6 is 0 Å². The number of alkyl carbamates (subject to hydrolysis) is 1. The van der Waals surface area contributed by atoms with Gasteiger partial charge in [-0.05, 0) is 50.6 Å². The molecule has 0 aliphatic carbocycles. The number of aromatic amines is 1. The number of ether oxygens (including phenoxy) is 2. The molecular weight excluding hydrogens is 420 g/mol. The highest BCUT2D eigenvalue weighted by Gasteiger charge is 2.17. The van der Waals surface area contributed by atoms with Gasteiger partial charge in [-0.1, -0.05) is 30.3 Å². The summed E-state index contributed by atoms with van der Waals surface area (Å²) in [6.45, 7) is 6.06. The van der Waals surface area contributed by atoms with Gasteiger partial charge in [0, 0.05) is 17.4 Å². The summed E-state index contributed by atoms with van der Waals surface area (Å²) >= 11 is 0. The van der Waals surface area contributed by atoms with E-state index < -0.39 is 11.7 Å². The monoisotopic (exact) mass is 446 g/mol. The number of nitrogens with one attached hydrogen (secondary N) is 2. The third kappa shape index (κ3) is 5.23. The maximum atomic E-state index is 12.6. The second-order valence-electron chi connectivity index (χ2n) is 8.48. The Kier molecular flexibility index (Phi) is 6.17. The number of nitrogens with zero attached hydrogens (tertiary/aromatic N) is 2. The summed E-state index contributed by atoms with van der Waals surface area (Å²) in [4.78, 5) is 31.4. The Morgan fingerprint density at radius 2 is 1.82 bits per heavy atom. The van der Waals surface area contributed by atoms with E-state index in [0.717, 1.165) is 16.8 Å². The van der Waals surface area contributed by atoms with Crippen molar-refractivity contribution in [3.05, 3.63) is 77.5 Å². The van der Waals surface area contributed by atoms with Gasteiger partial charge in [-0.3, -0.25) is 4.79 Å². The van der Waals surface area contributed by atoms with Crippen molar-refractivity contribution in [3.8, 4) is 22.6 Å². The predicted octanol–water partition coefficient (Wildman–Crippen LogP) is 4.28. The molecule has 0 bridgehead atoms. The Morgan fingerprint density at radius 3 is 2.52 bits per heavy atom. The molecule has 2 aromatic carbocycles. The number of carbonyl (C=O) groups excluding carboxylic acids is 1. The molecule has 0 fully saturated rings. The van der Waals surface area contributed by atoms with E-state index in [-0.39, 0.29) is 5.56 Å². The molecule has 33 heavy (non-hydrogen) atoms. The SMILES string of the molecule is CC(C)(C)OC(=O)NCCOc1ccc(-c2cn(-c3ccccc3)c3nc[nH]c(=O)c23)cc1. The molecule has 2 N–H and O–H groups in total. The normalized spacial score (nSPS) is 11.4. The first-order valence-corrected chi connectivity index (χ1v) is 10.7. The van der Waals surface area contributed by atoms with Gasteiger partial charge in [0.1, 0.15) is 18.0 Å². The number of hydrogen-bond donors (Lipinski definition) is 2. The fourth-order valence-corrected chi connectivity index (χ4v) is 3.44. The molecule has 0 aliphatic rings. The first-order valence-electron chi connectivity index (χ1n) is 10.7. The molecule has 0 aliphatic heterocycles. The molecule has 2 aromatic heterocycles. The molecule has 0 saturated heterocycles. The van der Waals surface area contributed by atoms with E-state index >= 15 is 0 Å². The summed E-state index contributed by atoms with van der Waals surface area (Å²) in [5.74, 6) is 0.656. The third-order valence-electron chi connectivity index (χ3n) is 4.83. The lowest BCUT2D eigenvalue weighted by Gasteiger charge is -2.19. The fourth-order valence-electron chi connectivity index (χ4n) is 3.44. The number of benzene rings is 2. The molecule has 0 spiro atoms. The van der Waals surface area contributed by atoms with E-state index in [1.165, 1.54) is 6.33 Å². The van der Waals surface area contributed by atoms with Crippen LogP contribution in [0.5, 0.6) is 5.75 Å². The van der Waals surface area contributed by atoms with Gasteiger partial charge in [0.25, 0.3) is 5.56 Å². The van der Waals surface area contributed by atoms with E-state index in [2.05, 4.69) is 15.3 Å². The van der Waals surface area contributed by atoms with E-state index in [9.17, 15) is 9.59 Å². The number of rotatable bonds is 6. The number of hydrogen-bond acceptors (Lipinski definition) is 5. The molecule has 8 heteroatoms. The molecule has 0 radical (unpaired) electrons. The van der Waals surface area contributed by atoms with Crippen LogP contribution in [0.15, 0.2) is 71.9 Å². The smallest absolute Gasteiger partial charge is 0.407 e. The van der Waals surface area contributed by atoms with Gasteiger partial charge < -0.3 is 24.3 Å². The maximum Gasteiger partial charge on any atom is 0.407 e. The minimum Gasteiger partial charge on any atom is -0.492 e. The summed E-state index contributed by atoms with van der Waals surface area (Å²) in [7, 11) is 0. The van der Waals surface area contributed by atoms with Crippen molar-refractivity contribution in [2.24, 2.45) is 0 Å². The Morgan fingerprint density at radius 1 is 1.09 bits per heavy atom. The predicted molar refractivity (Wildman–Crippen MR) is 127 cm³/mol. The number of fused-ring (bicyclic) bond motifs is 1. The molecule has 1 amide bonds. The van der Waals surface area contributed by atoms with Gasteiger partial charge in [0.05, 0.1) is 18.3 Å². The van der Waals surface area contributed by atoms with E-state index in [1.807, 2.05) is 86.1 Å². The van der Waals surface area contributed by atoms with Gasteiger partial charge in [-0.15, -0.1) is 0 Å². The van der Waals surface area contributed by atoms with Crippen molar-refractivity contribution < 1.29 is 14.3 Å². The van der Waals surface area contributed by atoms with Crippen LogP contribution in [-0.2, 0) is 4.74 Å². The van der Waals surface area contributed by atoms with Crippen molar-refractivity contribution in [2.45, 2.75) is 26.4 Å². The summed E-state index contributed by atoms with van der Waals surface area (Å²) in [5.41, 5.74) is 2.42. The van der Waals surface area contributed by atoms with E-state index in [1.54, 1.807) is 0 Å². The van der Waals surface area contributed by atoms with Gasteiger partial charge in [-0.2, -0.15) is 0 Å². The Hall–Kier alpha value is -4.07. The van der Waals surface area contributed by atoms with Crippen LogP contribution in [0.4, 0.5) is 4.79 Å². The highest BCUT2D eigenvalue weighted by atomic mass is 16.6. The molecule has 0 saturated carbocycles. The van der Waals surface area contributed by atoms with Gasteiger partial charge in [0.15, 0.2) is 5.65 Å². The Labute approximate surface area is 191 Å². The van der Waals surface area contributed by atoms with Crippen molar-refractivity contribution in [2.75, 3.05) is 13.2 Å².